The molecule has 12 heavy (non-hydrogen) atoms. The van der Waals surface area contributed by atoms with Crippen LogP contribution in [0.25, 0.3) is 0 Å². The zero-order chi connectivity index (χ0) is 9.19. The molecule has 4 heteroatoms. The number of carboxylic acid groups (broad SMARTS) is 1. The highest BCUT2D eigenvalue weighted by Gasteiger charge is 2.37. The van der Waals surface area contributed by atoms with Gasteiger partial charge in [-0.05, 0) is 38.8 Å². The Hall–Kier alpha value is -0.610. The fourth-order valence-electron chi connectivity index (χ4n) is 1.60. The first-order valence-corrected chi connectivity index (χ1v) is 4.28. The van der Waals surface area contributed by atoms with Gasteiger partial charge in [0.05, 0.1) is 0 Å². The van der Waals surface area contributed by atoms with E-state index in [4.69, 9.17) is 10.8 Å². The molecule has 1 aliphatic rings. The van der Waals surface area contributed by atoms with Gasteiger partial charge in [0.2, 0.25) is 0 Å². The van der Waals surface area contributed by atoms with Gasteiger partial charge in [0.1, 0.15) is 5.54 Å². The van der Waals surface area contributed by atoms with Crippen molar-refractivity contribution >= 4 is 5.97 Å². The van der Waals surface area contributed by atoms with Gasteiger partial charge < -0.3 is 16.2 Å². The van der Waals surface area contributed by atoms with Crippen LogP contribution in [0.15, 0.2) is 0 Å². The van der Waals surface area contributed by atoms with E-state index in [1.165, 1.54) is 0 Å². The second-order valence-electron chi connectivity index (χ2n) is 3.61. The van der Waals surface area contributed by atoms with Crippen LogP contribution >= 0.6 is 0 Å². The zero-order valence-corrected chi connectivity index (χ0v) is 7.34. The lowest BCUT2D eigenvalue weighted by Gasteiger charge is -2.33. The summed E-state index contributed by atoms with van der Waals surface area (Å²) in [6.45, 7) is 3.36. The van der Waals surface area contributed by atoms with Crippen molar-refractivity contribution in [2.24, 2.45) is 11.7 Å². The topological polar surface area (TPSA) is 75.4 Å². The molecule has 1 heterocycles. The Morgan fingerprint density at radius 1 is 1.58 bits per heavy atom. The molecule has 0 unspecified atom stereocenters. The predicted molar refractivity (Wildman–Crippen MR) is 45.8 cm³/mol. The van der Waals surface area contributed by atoms with Crippen molar-refractivity contribution < 1.29 is 9.90 Å². The number of aliphatic carboxylic acids is 1. The molecule has 1 fully saturated rings. The summed E-state index contributed by atoms with van der Waals surface area (Å²) in [5, 5.41) is 12.0. The third kappa shape index (κ3) is 1.76. The molecule has 0 spiro atoms. The van der Waals surface area contributed by atoms with Crippen LogP contribution in [0.3, 0.4) is 0 Å². The maximum atomic E-state index is 10.8. The maximum Gasteiger partial charge on any atom is 0.323 e. The molecule has 4 N–H and O–H groups in total. The highest BCUT2D eigenvalue weighted by molar-refractivity contribution is 5.78. The fraction of sp³-hybridized carbons (Fsp3) is 0.875. The van der Waals surface area contributed by atoms with Gasteiger partial charge in [-0.1, -0.05) is 0 Å². The number of carbonyl (C=O) groups is 1. The van der Waals surface area contributed by atoms with E-state index in [9.17, 15) is 4.79 Å². The first kappa shape index (κ1) is 9.48. The summed E-state index contributed by atoms with van der Waals surface area (Å²) in [6.07, 6.45) is 1.72. The Bertz CT molecular complexity index is 174. The summed E-state index contributed by atoms with van der Waals surface area (Å²) in [5.41, 5.74) is 4.65. The fourth-order valence-corrected chi connectivity index (χ4v) is 1.60. The van der Waals surface area contributed by atoms with Gasteiger partial charge in [-0.15, -0.1) is 0 Å². The highest BCUT2D eigenvalue weighted by atomic mass is 16.4. The molecule has 0 saturated carbocycles. The number of rotatable bonds is 2. The standard InChI is InChI=1S/C8H16N2O2/c1-8(9,7(11)12)6-2-4-10-5-3-6/h6,10H,2-5,9H2,1H3,(H,11,12)/t8-/m1/s1. The van der Waals surface area contributed by atoms with E-state index in [0.717, 1.165) is 25.9 Å². The lowest BCUT2D eigenvalue weighted by molar-refractivity contribution is -0.145. The molecular formula is C8H16N2O2. The van der Waals surface area contributed by atoms with E-state index in [-0.39, 0.29) is 5.92 Å². The van der Waals surface area contributed by atoms with Crippen molar-refractivity contribution in [2.45, 2.75) is 25.3 Å². The minimum atomic E-state index is -1.05. The van der Waals surface area contributed by atoms with Gasteiger partial charge in [-0.3, -0.25) is 4.79 Å². The van der Waals surface area contributed by atoms with E-state index in [2.05, 4.69) is 5.32 Å². The second-order valence-corrected chi connectivity index (χ2v) is 3.61. The average Bonchev–Trinajstić information content (AvgIpc) is 2.06. The summed E-state index contributed by atoms with van der Waals surface area (Å²) < 4.78 is 0. The Morgan fingerprint density at radius 3 is 2.50 bits per heavy atom. The van der Waals surface area contributed by atoms with Gasteiger partial charge in [0.15, 0.2) is 0 Å². The third-order valence-electron chi connectivity index (χ3n) is 2.65. The monoisotopic (exact) mass is 172 g/mol. The summed E-state index contributed by atoms with van der Waals surface area (Å²) in [5.74, 6) is -0.786. The maximum absolute atomic E-state index is 10.8. The van der Waals surface area contributed by atoms with Crippen LogP contribution in [0.2, 0.25) is 0 Å². The Morgan fingerprint density at radius 2 is 2.08 bits per heavy atom. The number of hydrogen-bond acceptors (Lipinski definition) is 3. The molecular weight excluding hydrogens is 156 g/mol. The largest absolute Gasteiger partial charge is 0.480 e. The minimum absolute atomic E-state index is 0.108. The number of hydrogen-bond donors (Lipinski definition) is 3. The van der Waals surface area contributed by atoms with Gasteiger partial charge >= 0.3 is 5.97 Å². The molecule has 1 saturated heterocycles. The van der Waals surface area contributed by atoms with Crippen molar-refractivity contribution in [1.82, 2.24) is 5.32 Å². The lowest BCUT2D eigenvalue weighted by Crippen LogP contribution is -2.54. The molecule has 70 valence electrons. The quantitative estimate of drug-likeness (QED) is 0.538. The van der Waals surface area contributed by atoms with Crippen LogP contribution in [0, 0.1) is 5.92 Å². The molecule has 0 aliphatic carbocycles. The number of carboxylic acids is 1. The SMILES string of the molecule is C[C@](N)(C(=O)O)C1CCNCC1. The van der Waals surface area contributed by atoms with Crippen LogP contribution in [0.1, 0.15) is 19.8 Å². The first-order chi connectivity index (χ1) is 5.55. The van der Waals surface area contributed by atoms with E-state index < -0.39 is 11.5 Å². The van der Waals surface area contributed by atoms with Crippen LogP contribution in [0.5, 0.6) is 0 Å². The van der Waals surface area contributed by atoms with E-state index in [0.29, 0.717) is 0 Å². The Labute approximate surface area is 72.1 Å². The summed E-state index contributed by atoms with van der Waals surface area (Å²) in [6, 6.07) is 0. The van der Waals surface area contributed by atoms with Gasteiger partial charge in [0.25, 0.3) is 0 Å². The molecule has 1 atom stereocenters. The molecule has 0 aromatic carbocycles. The molecule has 0 aromatic heterocycles. The molecule has 0 bridgehead atoms. The summed E-state index contributed by atoms with van der Waals surface area (Å²) >= 11 is 0. The molecule has 1 rings (SSSR count). The van der Waals surface area contributed by atoms with Crippen LogP contribution in [-0.2, 0) is 4.79 Å². The zero-order valence-electron chi connectivity index (χ0n) is 7.34. The minimum Gasteiger partial charge on any atom is -0.480 e. The van der Waals surface area contributed by atoms with E-state index >= 15 is 0 Å². The van der Waals surface area contributed by atoms with Crippen molar-refractivity contribution in [3.8, 4) is 0 Å². The highest BCUT2D eigenvalue weighted by Crippen LogP contribution is 2.23. The Kier molecular flexibility index (Phi) is 2.69. The van der Waals surface area contributed by atoms with Crippen LogP contribution in [0.4, 0.5) is 0 Å². The summed E-state index contributed by atoms with van der Waals surface area (Å²) in [4.78, 5) is 10.8. The number of piperidine rings is 1. The van der Waals surface area contributed by atoms with Crippen molar-refractivity contribution in [3.63, 3.8) is 0 Å². The van der Waals surface area contributed by atoms with Crippen molar-refractivity contribution in [2.75, 3.05) is 13.1 Å². The third-order valence-corrected chi connectivity index (χ3v) is 2.65. The Balaban J connectivity index is 2.59. The molecule has 4 nitrogen and oxygen atoms in total. The van der Waals surface area contributed by atoms with Gasteiger partial charge in [-0.25, -0.2) is 0 Å². The first-order valence-electron chi connectivity index (χ1n) is 4.28. The van der Waals surface area contributed by atoms with E-state index in [1.54, 1.807) is 6.92 Å². The van der Waals surface area contributed by atoms with Crippen molar-refractivity contribution in [1.29, 1.82) is 0 Å². The molecule has 0 aromatic rings. The second kappa shape index (κ2) is 3.41. The molecule has 0 amide bonds. The summed E-state index contributed by atoms with van der Waals surface area (Å²) in [7, 11) is 0. The average molecular weight is 172 g/mol. The molecule has 0 radical (unpaired) electrons. The van der Waals surface area contributed by atoms with Crippen molar-refractivity contribution in [3.05, 3.63) is 0 Å². The van der Waals surface area contributed by atoms with Gasteiger partial charge in [-0.2, -0.15) is 0 Å². The lowest BCUT2D eigenvalue weighted by atomic mass is 9.80. The smallest absolute Gasteiger partial charge is 0.323 e. The van der Waals surface area contributed by atoms with Crippen LogP contribution in [-0.4, -0.2) is 29.7 Å². The van der Waals surface area contributed by atoms with E-state index in [1.807, 2.05) is 0 Å². The van der Waals surface area contributed by atoms with Crippen LogP contribution < -0.4 is 11.1 Å². The predicted octanol–water partition coefficient (Wildman–Crippen LogP) is -0.212. The van der Waals surface area contributed by atoms with Gasteiger partial charge in [0, 0.05) is 0 Å². The number of nitrogens with one attached hydrogen (secondary N) is 1. The molecule has 1 aliphatic heterocycles. The normalized spacial score (nSPS) is 24.8. The number of nitrogens with two attached hydrogens (primary N) is 1.